The topological polar surface area (TPSA) is 42.8 Å². The van der Waals surface area contributed by atoms with Crippen molar-refractivity contribution < 1.29 is 9.47 Å². The molecular weight excluding hydrogens is 224 g/mol. The lowest BCUT2D eigenvalue weighted by Crippen LogP contribution is -2.34. The van der Waals surface area contributed by atoms with Gasteiger partial charge in [-0.2, -0.15) is 0 Å². The summed E-state index contributed by atoms with van der Waals surface area (Å²) < 4.78 is 10.4. The van der Waals surface area contributed by atoms with Crippen LogP contribution in [0.5, 0.6) is 0 Å². The van der Waals surface area contributed by atoms with Gasteiger partial charge in [0.15, 0.2) is 5.17 Å². The second-order valence-electron chi connectivity index (χ2n) is 4.33. The summed E-state index contributed by atoms with van der Waals surface area (Å²) >= 11 is 1.89. The molecule has 0 spiro atoms. The molecule has 0 amide bonds. The first-order valence-electron chi connectivity index (χ1n) is 5.80. The monoisotopic (exact) mass is 244 g/mol. The maximum atomic E-state index is 5.29. The molecule has 16 heavy (non-hydrogen) atoms. The molecule has 0 bridgehead atoms. The van der Waals surface area contributed by atoms with Crippen molar-refractivity contribution in [1.82, 2.24) is 5.32 Å². The van der Waals surface area contributed by atoms with E-state index in [0.29, 0.717) is 6.61 Å². The van der Waals surface area contributed by atoms with Crippen molar-refractivity contribution in [3.8, 4) is 0 Å². The Morgan fingerprint density at radius 2 is 2.31 bits per heavy atom. The van der Waals surface area contributed by atoms with Gasteiger partial charge in [0.2, 0.25) is 0 Å². The third-order valence-corrected chi connectivity index (χ3v) is 4.33. The average Bonchev–Trinajstić information content (AvgIpc) is 3.04. The van der Waals surface area contributed by atoms with E-state index < -0.39 is 0 Å². The fourth-order valence-electron chi connectivity index (χ4n) is 1.80. The number of rotatable bonds is 6. The fraction of sp³-hybridized carbons (Fsp3) is 0.909. The van der Waals surface area contributed by atoms with Crippen LogP contribution in [0.2, 0.25) is 0 Å². The number of aliphatic imine (C=N–C) groups is 1. The van der Waals surface area contributed by atoms with Crippen LogP contribution in [0.15, 0.2) is 4.99 Å². The van der Waals surface area contributed by atoms with Gasteiger partial charge in [-0.15, -0.1) is 0 Å². The molecule has 1 saturated carbocycles. The first-order valence-corrected chi connectivity index (χ1v) is 6.68. The van der Waals surface area contributed by atoms with E-state index in [0.717, 1.165) is 29.4 Å². The quantitative estimate of drug-likeness (QED) is 0.760. The van der Waals surface area contributed by atoms with E-state index in [4.69, 9.17) is 9.47 Å². The zero-order chi connectivity index (χ0) is 11.4. The Morgan fingerprint density at radius 3 is 2.94 bits per heavy atom. The SMILES string of the molecule is COCC(CNC1=NCC(C2CC2)S1)OC. The van der Waals surface area contributed by atoms with E-state index in [1.807, 2.05) is 11.8 Å². The molecule has 2 unspecified atom stereocenters. The summed E-state index contributed by atoms with van der Waals surface area (Å²) in [6, 6.07) is 0. The van der Waals surface area contributed by atoms with E-state index >= 15 is 0 Å². The molecule has 0 saturated heterocycles. The van der Waals surface area contributed by atoms with Gasteiger partial charge < -0.3 is 14.8 Å². The molecule has 1 aliphatic heterocycles. The molecule has 5 heteroatoms. The highest BCUT2D eigenvalue weighted by atomic mass is 32.2. The Bertz CT molecular complexity index is 256. The van der Waals surface area contributed by atoms with E-state index in [9.17, 15) is 0 Å². The van der Waals surface area contributed by atoms with Crippen LogP contribution < -0.4 is 5.32 Å². The van der Waals surface area contributed by atoms with E-state index in [1.54, 1.807) is 14.2 Å². The van der Waals surface area contributed by atoms with E-state index in [-0.39, 0.29) is 6.10 Å². The Morgan fingerprint density at radius 1 is 1.50 bits per heavy atom. The molecule has 0 aromatic carbocycles. The largest absolute Gasteiger partial charge is 0.382 e. The van der Waals surface area contributed by atoms with Crippen LogP contribution >= 0.6 is 11.8 Å². The van der Waals surface area contributed by atoms with Gasteiger partial charge in [-0.3, -0.25) is 4.99 Å². The van der Waals surface area contributed by atoms with Crippen molar-refractivity contribution in [2.24, 2.45) is 10.9 Å². The zero-order valence-electron chi connectivity index (χ0n) is 9.94. The summed E-state index contributed by atoms with van der Waals surface area (Å²) in [6.45, 7) is 2.38. The predicted molar refractivity (Wildman–Crippen MR) is 67.1 cm³/mol. The number of thioether (sulfide) groups is 1. The lowest BCUT2D eigenvalue weighted by molar-refractivity contribution is 0.0316. The highest BCUT2D eigenvalue weighted by molar-refractivity contribution is 8.14. The number of hydrogen-bond acceptors (Lipinski definition) is 5. The Kier molecular flexibility index (Phi) is 4.49. The number of methoxy groups -OCH3 is 2. The van der Waals surface area contributed by atoms with Crippen LogP contribution in [0.1, 0.15) is 12.8 Å². The number of amidine groups is 1. The van der Waals surface area contributed by atoms with Crippen LogP contribution in [0.3, 0.4) is 0 Å². The summed E-state index contributed by atoms with van der Waals surface area (Å²) in [6.07, 6.45) is 2.89. The van der Waals surface area contributed by atoms with Crippen LogP contribution in [0.4, 0.5) is 0 Å². The number of nitrogens with one attached hydrogen (secondary N) is 1. The third kappa shape index (κ3) is 3.37. The van der Waals surface area contributed by atoms with Gasteiger partial charge >= 0.3 is 0 Å². The molecule has 2 aliphatic rings. The predicted octanol–water partition coefficient (Wildman–Crippen LogP) is 1.12. The molecule has 1 N–H and O–H groups in total. The minimum atomic E-state index is 0.105. The number of nitrogens with zero attached hydrogens (tertiary/aromatic N) is 1. The minimum Gasteiger partial charge on any atom is -0.382 e. The molecule has 2 atom stereocenters. The summed E-state index contributed by atoms with van der Waals surface area (Å²) in [4.78, 5) is 4.52. The molecule has 1 aliphatic carbocycles. The van der Waals surface area contributed by atoms with Gasteiger partial charge in [-0.05, 0) is 18.8 Å². The van der Waals surface area contributed by atoms with E-state index in [1.165, 1.54) is 12.8 Å². The van der Waals surface area contributed by atoms with Gasteiger partial charge in [-0.1, -0.05) is 11.8 Å². The number of ether oxygens (including phenoxy) is 2. The van der Waals surface area contributed by atoms with Crippen molar-refractivity contribution in [1.29, 1.82) is 0 Å². The van der Waals surface area contributed by atoms with Crippen molar-refractivity contribution >= 4 is 16.9 Å². The molecule has 1 fully saturated rings. The van der Waals surface area contributed by atoms with Crippen LogP contribution in [-0.2, 0) is 9.47 Å². The third-order valence-electron chi connectivity index (χ3n) is 2.99. The molecule has 2 rings (SSSR count). The summed E-state index contributed by atoms with van der Waals surface area (Å²) in [5, 5.41) is 5.14. The molecule has 0 aromatic heterocycles. The highest BCUT2D eigenvalue weighted by Gasteiger charge is 2.35. The lowest BCUT2D eigenvalue weighted by Gasteiger charge is -2.15. The van der Waals surface area contributed by atoms with Gasteiger partial charge in [0.25, 0.3) is 0 Å². The van der Waals surface area contributed by atoms with Crippen molar-refractivity contribution in [3.63, 3.8) is 0 Å². The summed E-state index contributed by atoms with van der Waals surface area (Å²) in [7, 11) is 3.40. The highest BCUT2D eigenvalue weighted by Crippen LogP contribution is 2.41. The summed E-state index contributed by atoms with van der Waals surface area (Å²) in [5.74, 6) is 0.922. The van der Waals surface area contributed by atoms with Crippen molar-refractivity contribution in [2.45, 2.75) is 24.2 Å². The molecule has 0 radical (unpaired) electrons. The maximum Gasteiger partial charge on any atom is 0.157 e. The van der Waals surface area contributed by atoms with Gasteiger partial charge in [0.1, 0.15) is 0 Å². The molecular formula is C11H20N2O2S. The van der Waals surface area contributed by atoms with Crippen LogP contribution in [0, 0.1) is 5.92 Å². The lowest BCUT2D eigenvalue weighted by atomic mass is 10.3. The normalized spacial score (nSPS) is 26.6. The van der Waals surface area contributed by atoms with Gasteiger partial charge in [-0.25, -0.2) is 0 Å². The van der Waals surface area contributed by atoms with E-state index in [2.05, 4.69) is 10.3 Å². The first kappa shape index (κ1) is 12.2. The van der Waals surface area contributed by atoms with Crippen molar-refractivity contribution in [2.75, 3.05) is 33.9 Å². The summed E-state index contributed by atoms with van der Waals surface area (Å²) in [5.41, 5.74) is 0. The Labute approximate surface area is 101 Å². The van der Waals surface area contributed by atoms with Crippen LogP contribution in [-0.4, -0.2) is 50.4 Å². The van der Waals surface area contributed by atoms with Gasteiger partial charge in [0, 0.05) is 26.0 Å². The second-order valence-corrected chi connectivity index (χ2v) is 5.56. The fourth-order valence-corrected chi connectivity index (χ4v) is 3.02. The minimum absolute atomic E-state index is 0.105. The van der Waals surface area contributed by atoms with Crippen LogP contribution in [0.25, 0.3) is 0 Å². The van der Waals surface area contributed by atoms with Gasteiger partial charge in [0.05, 0.1) is 19.3 Å². The molecule has 4 nitrogen and oxygen atoms in total. The smallest absolute Gasteiger partial charge is 0.157 e. The first-order chi connectivity index (χ1) is 7.83. The molecule has 92 valence electrons. The number of hydrogen-bond donors (Lipinski definition) is 1. The second kappa shape index (κ2) is 5.89. The molecule has 0 aromatic rings. The van der Waals surface area contributed by atoms with Crippen molar-refractivity contribution in [3.05, 3.63) is 0 Å². The maximum absolute atomic E-state index is 5.29. The average molecular weight is 244 g/mol. The zero-order valence-corrected chi connectivity index (χ0v) is 10.8. The molecule has 1 heterocycles. The Hall–Kier alpha value is -0.260. The standard InChI is InChI=1S/C11H20N2O2S/c1-14-7-9(15-2)5-12-11-13-6-10(16-11)8-3-4-8/h8-10H,3-7H2,1-2H3,(H,12,13). The Balaban J connectivity index is 1.65.